The molecule has 0 amide bonds. The maximum absolute atomic E-state index is 11.0. The van der Waals surface area contributed by atoms with Crippen LogP contribution in [0, 0.1) is 5.92 Å². The molecule has 2 atom stereocenters. The number of nitrogens with one attached hydrogen (secondary N) is 1. The van der Waals surface area contributed by atoms with Gasteiger partial charge >= 0.3 is 5.97 Å². The third kappa shape index (κ3) is 1.84. The number of hydrogen-bond acceptors (Lipinski definition) is 2. The number of fused-ring (bicyclic) bond motifs is 1. The molecule has 1 heterocycles. The minimum absolute atomic E-state index is 0.225. The van der Waals surface area contributed by atoms with E-state index >= 15 is 0 Å². The van der Waals surface area contributed by atoms with Crippen molar-refractivity contribution in [1.82, 2.24) is 5.32 Å². The van der Waals surface area contributed by atoms with Gasteiger partial charge in [0, 0.05) is 12.6 Å². The molecular formula is C14H17NO2. The predicted octanol–water partition coefficient (Wildman–Crippen LogP) is 1.91. The monoisotopic (exact) mass is 231 g/mol. The molecule has 2 unspecified atom stereocenters. The number of hydrogen-bond donors (Lipinski definition) is 2. The minimum atomic E-state index is -0.674. The molecule has 1 saturated heterocycles. The molecule has 3 heteroatoms. The van der Waals surface area contributed by atoms with Crippen molar-refractivity contribution in [3.05, 3.63) is 34.9 Å². The van der Waals surface area contributed by atoms with Gasteiger partial charge in [0.05, 0.1) is 5.92 Å². The maximum Gasteiger partial charge on any atom is 0.307 e. The number of aryl methyl sites for hydroxylation is 1. The van der Waals surface area contributed by atoms with Gasteiger partial charge in [-0.2, -0.15) is 0 Å². The lowest BCUT2D eigenvalue weighted by atomic mass is 9.94. The Kier molecular flexibility index (Phi) is 2.63. The van der Waals surface area contributed by atoms with Gasteiger partial charge in [-0.05, 0) is 42.4 Å². The quantitative estimate of drug-likeness (QED) is 0.817. The lowest BCUT2D eigenvalue weighted by Crippen LogP contribution is -2.17. The first-order chi connectivity index (χ1) is 8.25. The summed E-state index contributed by atoms with van der Waals surface area (Å²) in [5.41, 5.74) is 4.27. The second kappa shape index (κ2) is 4.15. The van der Waals surface area contributed by atoms with E-state index in [1.165, 1.54) is 29.5 Å². The van der Waals surface area contributed by atoms with Crippen LogP contribution in [0.25, 0.3) is 0 Å². The summed E-state index contributed by atoms with van der Waals surface area (Å²) in [6.07, 6.45) is 4.30. The molecule has 17 heavy (non-hydrogen) atoms. The molecule has 1 fully saturated rings. The zero-order valence-electron chi connectivity index (χ0n) is 9.78. The van der Waals surface area contributed by atoms with Crippen molar-refractivity contribution in [3.63, 3.8) is 0 Å². The molecule has 0 saturated carbocycles. The van der Waals surface area contributed by atoms with Gasteiger partial charge < -0.3 is 10.4 Å². The van der Waals surface area contributed by atoms with Crippen LogP contribution in [0.15, 0.2) is 18.2 Å². The molecule has 1 aliphatic heterocycles. The fourth-order valence-corrected chi connectivity index (χ4v) is 3.14. The molecule has 3 rings (SSSR count). The van der Waals surface area contributed by atoms with Crippen molar-refractivity contribution in [2.75, 3.05) is 6.54 Å². The van der Waals surface area contributed by atoms with Crippen LogP contribution >= 0.6 is 0 Å². The summed E-state index contributed by atoms with van der Waals surface area (Å²) < 4.78 is 0. The SMILES string of the molecule is O=C(O)C1CNC(c2cccc3c2CCC3)C1. The number of rotatable bonds is 2. The molecule has 1 aromatic rings. The van der Waals surface area contributed by atoms with Crippen LogP contribution < -0.4 is 5.32 Å². The Labute approximate surface area is 101 Å². The lowest BCUT2D eigenvalue weighted by molar-refractivity contribution is -0.141. The Morgan fingerprint density at radius 3 is 3.00 bits per heavy atom. The molecule has 0 bridgehead atoms. The van der Waals surface area contributed by atoms with E-state index in [9.17, 15) is 4.79 Å². The Balaban J connectivity index is 1.86. The first-order valence-electron chi connectivity index (χ1n) is 6.32. The van der Waals surface area contributed by atoms with E-state index in [4.69, 9.17) is 5.11 Å². The van der Waals surface area contributed by atoms with Gasteiger partial charge in [-0.25, -0.2) is 0 Å². The van der Waals surface area contributed by atoms with Gasteiger partial charge in [-0.1, -0.05) is 18.2 Å². The van der Waals surface area contributed by atoms with E-state index in [0.29, 0.717) is 6.54 Å². The van der Waals surface area contributed by atoms with Crippen molar-refractivity contribution in [2.45, 2.75) is 31.7 Å². The zero-order valence-corrected chi connectivity index (χ0v) is 9.78. The highest BCUT2D eigenvalue weighted by atomic mass is 16.4. The van der Waals surface area contributed by atoms with E-state index in [2.05, 4.69) is 23.5 Å². The molecule has 2 aliphatic rings. The highest BCUT2D eigenvalue weighted by Gasteiger charge is 2.32. The van der Waals surface area contributed by atoms with Crippen molar-refractivity contribution in [3.8, 4) is 0 Å². The van der Waals surface area contributed by atoms with Gasteiger partial charge in [-0.3, -0.25) is 4.79 Å². The molecule has 3 nitrogen and oxygen atoms in total. The molecule has 0 radical (unpaired) electrons. The smallest absolute Gasteiger partial charge is 0.307 e. The van der Waals surface area contributed by atoms with Crippen molar-refractivity contribution in [2.24, 2.45) is 5.92 Å². The standard InChI is InChI=1S/C14H17NO2/c16-14(17)10-7-13(15-8-10)12-6-2-4-9-3-1-5-11(9)12/h2,4,6,10,13,15H,1,3,5,7-8H2,(H,16,17). The number of carboxylic acid groups (broad SMARTS) is 1. The van der Waals surface area contributed by atoms with Crippen molar-refractivity contribution in [1.29, 1.82) is 0 Å². The summed E-state index contributed by atoms with van der Waals surface area (Å²) in [7, 11) is 0. The van der Waals surface area contributed by atoms with E-state index < -0.39 is 5.97 Å². The average Bonchev–Trinajstić information content (AvgIpc) is 2.97. The van der Waals surface area contributed by atoms with Crippen LogP contribution in [0.3, 0.4) is 0 Å². The first-order valence-corrected chi connectivity index (χ1v) is 6.32. The molecule has 0 spiro atoms. The fourth-order valence-electron chi connectivity index (χ4n) is 3.14. The van der Waals surface area contributed by atoms with Crippen LogP contribution in [0.2, 0.25) is 0 Å². The summed E-state index contributed by atoms with van der Waals surface area (Å²) in [6, 6.07) is 6.71. The van der Waals surface area contributed by atoms with Crippen molar-refractivity contribution >= 4 is 5.97 Å². The molecule has 90 valence electrons. The van der Waals surface area contributed by atoms with Gasteiger partial charge in [0.1, 0.15) is 0 Å². The second-order valence-corrected chi connectivity index (χ2v) is 5.07. The van der Waals surface area contributed by atoms with Gasteiger partial charge in [0.2, 0.25) is 0 Å². The first kappa shape index (κ1) is 10.8. The van der Waals surface area contributed by atoms with Crippen molar-refractivity contribution < 1.29 is 9.90 Å². The van der Waals surface area contributed by atoms with Crippen LogP contribution in [-0.4, -0.2) is 17.6 Å². The second-order valence-electron chi connectivity index (χ2n) is 5.07. The van der Waals surface area contributed by atoms with Crippen LogP contribution in [-0.2, 0) is 17.6 Å². The topological polar surface area (TPSA) is 49.3 Å². The summed E-state index contributed by atoms with van der Waals surface area (Å²) in [5, 5.41) is 12.4. The van der Waals surface area contributed by atoms with E-state index in [1.807, 2.05) is 0 Å². The summed E-state index contributed by atoms with van der Waals surface area (Å²) >= 11 is 0. The Morgan fingerprint density at radius 1 is 1.35 bits per heavy atom. The Morgan fingerprint density at radius 2 is 2.24 bits per heavy atom. The molecular weight excluding hydrogens is 214 g/mol. The molecule has 2 N–H and O–H groups in total. The Hall–Kier alpha value is -1.35. The highest BCUT2D eigenvalue weighted by molar-refractivity contribution is 5.70. The fraction of sp³-hybridized carbons (Fsp3) is 0.500. The van der Waals surface area contributed by atoms with Gasteiger partial charge in [0.25, 0.3) is 0 Å². The molecule has 1 aliphatic carbocycles. The highest BCUT2D eigenvalue weighted by Crippen LogP contribution is 2.34. The summed E-state index contributed by atoms with van der Waals surface area (Å²) in [6.45, 7) is 0.601. The third-order valence-electron chi connectivity index (χ3n) is 4.04. The Bertz CT molecular complexity index is 456. The van der Waals surface area contributed by atoms with Gasteiger partial charge in [0.15, 0.2) is 0 Å². The number of carboxylic acids is 1. The van der Waals surface area contributed by atoms with Crippen LogP contribution in [0.5, 0.6) is 0 Å². The molecule has 1 aromatic carbocycles. The average molecular weight is 231 g/mol. The maximum atomic E-state index is 11.0. The number of aliphatic carboxylic acids is 1. The minimum Gasteiger partial charge on any atom is -0.481 e. The summed E-state index contributed by atoms with van der Waals surface area (Å²) in [4.78, 5) is 11.0. The van der Waals surface area contributed by atoms with E-state index in [1.54, 1.807) is 0 Å². The normalized spacial score (nSPS) is 27.1. The third-order valence-corrected chi connectivity index (χ3v) is 4.04. The largest absolute Gasteiger partial charge is 0.481 e. The number of carbonyl (C=O) groups is 1. The summed E-state index contributed by atoms with van der Waals surface area (Å²) in [5.74, 6) is -0.898. The predicted molar refractivity (Wildman–Crippen MR) is 65.0 cm³/mol. The zero-order chi connectivity index (χ0) is 11.8. The van der Waals surface area contributed by atoms with E-state index in [0.717, 1.165) is 12.8 Å². The van der Waals surface area contributed by atoms with Gasteiger partial charge in [-0.15, -0.1) is 0 Å². The number of benzene rings is 1. The lowest BCUT2D eigenvalue weighted by Gasteiger charge is -2.15. The van der Waals surface area contributed by atoms with Crippen LogP contribution in [0.4, 0.5) is 0 Å². The van der Waals surface area contributed by atoms with E-state index in [-0.39, 0.29) is 12.0 Å². The van der Waals surface area contributed by atoms with Crippen LogP contribution in [0.1, 0.15) is 35.6 Å². The molecule has 0 aromatic heterocycles.